The summed E-state index contributed by atoms with van der Waals surface area (Å²) in [6.07, 6.45) is -4.73. The van der Waals surface area contributed by atoms with Gasteiger partial charge >= 0.3 is 23.9 Å². The van der Waals surface area contributed by atoms with Crippen molar-refractivity contribution in [2.24, 2.45) is 0 Å². The van der Waals surface area contributed by atoms with E-state index in [2.05, 4.69) is 5.32 Å². The van der Waals surface area contributed by atoms with Crippen LogP contribution >= 0.6 is 0 Å². The molecule has 0 aliphatic rings. The van der Waals surface area contributed by atoms with Crippen LogP contribution < -0.4 is 10.1 Å². The normalized spacial score (nSPS) is 13.1. The number of ether oxygens (including phenoxy) is 5. The highest BCUT2D eigenvalue weighted by molar-refractivity contribution is 5.96. The zero-order chi connectivity index (χ0) is 23.6. The summed E-state index contributed by atoms with van der Waals surface area (Å²) in [5, 5.41) is 2.51. The first-order valence-corrected chi connectivity index (χ1v) is 9.13. The van der Waals surface area contributed by atoms with Gasteiger partial charge in [0, 0.05) is 33.4 Å². The number of rotatable bonds is 10. The van der Waals surface area contributed by atoms with E-state index in [4.69, 9.17) is 23.7 Å². The van der Waals surface area contributed by atoms with Crippen molar-refractivity contribution >= 4 is 35.5 Å². The van der Waals surface area contributed by atoms with Crippen molar-refractivity contribution in [1.82, 2.24) is 0 Å². The third-order valence-electron chi connectivity index (χ3n) is 3.64. The highest BCUT2D eigenvalue weighted by Crippen LogP contribution is 2.19. The molecule has 0 aliphatic heterocycles. The largest absolute Gasteiger partial charge is 0.497 e. The molecule has 11 heteroatoms. The molecule has 0 radical (unpaired) electrons. The fourth-order valence-electron chi connectivity index (χ4n) is 2.47. The summed E-state index contributed by atoms with van der Waals surface area (Å²) in [6.45, 7) is 3.75. The van der Waals surface area contributed by atoms with Gasteiger partial charge in [0.25, 0.3) is 5.91 Å². The van der Waals surface area contributed by atoms with E-state index in [1.54, 1.807) is 12.1 Å². The summed E-state index contributed by atoms with van der Waals surface area (Å²) >= 11 is 0. The average Bonchev–Trinajstić information content (AvgIpc) is 2.67. The van der Waals surface area contributed by atoms with Crippen LogP contribution in [0.5, 0.6) is 5.75 Å². The Morgan fingerprint density at radius 3 is 1.81 bits per heavy atom. The van der Waals surface area contributed by atoms with Gasteiger partial charge in [-0.2, -0.15) is 0 Å². The van der Waals surface area contributed by atoms with Crippen LogP contribution in [-0.4, -0.2) is 61.8 Å². The molecule has 0 saturated heterocycles. The van der Waals surface area contributed by atoms with Gasteiger partial charge in [0.2, 0.25) is 6.10 Å². The molecule has 1 amide bonds. The second-order valence-electron chi connectivity index (χ2n) is 6.27. The van der Waals surface area contributed by atoms with Crippen LogP contribution in [0.4, 0.5) is 5.69 Å². The molecule has 11 nitrogen and oxygen atoms in total. The molecule has 0 saturated carbocycles. The lowest BCUT2D eigenvalue weighted by Crippen LogP contribution is -2.52. The maximum Gasteiger partial charge on any atom is 0.303 e. The van der Waals surface area contributed by atoms with E-state index in [1.165, 1.54) is 19.2 Å². The number of nitrogens with one attached hydrogen (secondary N) is 1. The molecule has 0 aromatic heterocycles. The van der Waals surface area contributed by atoms with Crippen molar-refractivity contribution < 1.29 is 47.7 Å². The minimum atomic E-state index is -1.72. The lowest BCUT2D eigenvalue weighted by Gasteiger charge is -2.30. The summed E-state index contributed by atoms with van der Waals surface area (Å²) in [4.78, 5) is 58.9. The molecular weight excluding hydrogens is 414 g/mol. The number of methoxy groups -OCH3 is 1. The van der Waals surface area contributed by atoms with E-state index < -0.39 is 54.7 Å². The second kappa shape index (κ2) is 12.2. The lowest BCUT2D eigenvalue weighted by molar-refractivity contribution is -0.190. The van der Waals surface area contributed by atoms with Gasteiger partial charge in [-0.3, -0.25) is 24.0 Å². The van der Waals surface area contributed by atoms with Crippen LogP contribution in [-0.2, 0) is 42.9 Å². The third-order valence-corrected chi connectivity index (χ3v) is 3.64. The Labute approximate surface area is 178 Å². The third kappa shape index (κ3) is 9.15. The Balaban J connectivity index is 3.25. The average molecular weight is 439 g/mol. The quantitative estimate of drug-likeness (QED) is 0.414. The zero-order valence-electron chi connectivity index (χ0n) is 17.8. The fourth-order valence-corrected chi connectivity index (χ4v) is 2.47. The molecular formula is C20H25NO10. The van der Waals surface area contributed by atoms with Crippen LogP contribution in [0.1, 0.15) is 27.7 Å². The molecule has 31 heavy (non-hydrogen) atoms. The lowest BCUT2D eigenvalue weighted by atomic mass is 10.1. The molecule has 170 valence electrons. The SMILES string of the molecule is COc1ccc(NC(=O)[C@@H](OC(C)=O)[C@@H](OC(C)=O)[C@H](COC(C)=O)OC(C)=O)cc1. The number of esters is 4. The molecule has 1 aromatic rings. The van der Waals surface area contributed by atoms with E-state index in [1.807, 2.05) is 0 Å². The van der Waals surface area contributed by atoms with Gasteiger partial charge in [0.1, 0.15) is 12.4 Å². The standard InChI is InChI=1S/C20H25NO10/c1-11(22)28-10-17(29-12(2)23)18(30-13(3)24)19(31-14(4)25)20(26)21-15-6-8-16(27-5)9-7-15/h6-9,17-19H,10H2,1-5H3,(H,21,26)/t17-,18-,19-/m0/s1. The first-order valence-electron chi connectivity index (χ1n) is 9.13. The summed E-state index contributed by atoms with van der Waals surface area (Å²) in [7, 11) is 1.48. The monoisotopic (exact) mass is 439 g/mol. The molecule has 0 heterocycles. The molecule has 0 aliphatic carbocycles. The smallest absolute Gasteiger partial charge is 0.303 e. The molecule has 1 aromatic carbocycles. The number of amides is 1. The van der Waals surface area contributed by atoms with Gasteiger partial charge in [-0.15, -0.1) is 0 Å². The van der Waals surface area contributed by atoms with Crippen LogP contribution in [0.3, 0.4) is 0 Å². The minimum Gasteiger partial charge on any atom is -0.497 e. The second-order valence-corrected chi connectivity index (χ2v) is 6.27. The van der Waals surface area contributed by atoms with Gasteiger partial charge in [-0.1, -0.05) is 0 Å². The first kappa shape index (κ1) is 25.4. The molecule has 0 unspecified atom stereocenters. The molecule has 0 bridgehead atoms. The molecule has 1 N–H and O–H groups in total. The van der Waals surface area contributed by atoms with Crippen LogP contribution in [0.25, 0.3) is 0 Å². The summed E-state index contributed by atoms with van der Waals surface area (Å²) in [6, 6.07) is 6.24. The number of carbonyl (C=O) groups is 5. The van der Waals surface area contributed by atoms with E-state index in [9.17, 15) is 24.0 Å². The Morgan fingerprint density at radius 2 is 1.35 bits per heavy atom. The number of anilines is 1. The van der Waals surface area contributed by atoms with E-state index in [0.717, 1.165) is 27.7 Å². The van der Waals surface area contributed by atoms with E-state index in [-0.39, 0.29) is 0 Å². The summed E-state index contributed by atoms with van der Waals surface area (Å²) < 4.78 is 25.2. The van der Waals surface area contributed by atoms with Gasteiger partial charge in [-0.25, -0.2) is 0 Å². The molecule has 3 atom stereocenters. The van der Waals surface area contributed by atoms with Crippen molar-refractivity contribution in [2.45, 2.75) is 46.0 Å². The Morgan fingerprint density at radius 1 is 0.806 bits per heavy atom. The summed E-state index contributed by atoms with van der Waals surface area (Å²) in [5.41, 5.74) is 0.327. The van der Waals surface area contributed by atoms with Crippen LogP contribution in [0, 0.1) is 0 Å². The van der Waals surface area contributed by atoms with Crippen LogP contribution in [0.15, 0.2) is 24.3 Å². The minimum absolute atomic E-state index is 0.327. The topological polar surface area (TPSA) is 144 Å². The van der Waals surface area contributed by atoms with E-state index >= 15 is 0 Å². The number of carbonyl (C=O) groups excluding carboxylic acids is 5. The number of hydrogen-bond donors (Lipinski definition) is 1. The van der Waals surface area contributed by atoms with Crippen molar-refractivity contribution in [3.05, 3.63) is 24.3 Å². The fraction of sp³-hybridized carbons (Fsp3) is 0.450. The predicted octanol–water partition coefficient (Wildman–Crippen LogP) is 0.992. The van der Waals surface area contributed by atoms with Gasteiger partial charge in [0.05, 0.1) is 7.11 Å². The number of benzene rings is 1. The predicted molar refractivity (Wildman–Crippen MR) is 105 cm³/mol. The van der Waals surface area contributed by atoms with Crippen molar-refractivity contribution in [3.63, 3.8) is 0 Å². The van der Waals surface area contributed by atoms with Gasteiger partial charge in [-0.05, 0) is 24.3 Å². The van der Waals surface area contributed by atoms with E-state index in [0.29, 0.717) is 11.4 Å². The molecule has 0 spiro atoms. The Kier molecular flexibility index (Phi) is 9.96. The van der Waals surface area contributed by atoms with Crippen molar-refractivity contribution in [1.29, 1.82) is 0 Å². The highest BCUT2D eigenvalue weighted by Gasteiger charge is 2.42. The summed E-state index contributed by atoms with van der Waals surface area (Å²) in [5.74, 6) is -3.53. The maximum absolute atomic E-state index is 12.9. The Bertz CT molecular complexity index is 805. The highest BCUT2D eigenvalue weighted by atomic mass is 16.6. The van der Waals surface area contributed by atoms with Gasteiger partial charge in [0.15, 0.2) is 12.2 Å². The first-order chi connectivity index (χ1) is 14.5. The van der Waals surface area contributed by atoms with Crippen molar-refractivity contribution in [3.8, 4) is 5.75 Å². The Hall–Kier alpha value is -3.63. The molecule has 1 rings (SSSR count). The van der Waals surface area contributed by atoms with Crippen molar-refractivity contribution in [2.75, 3.05) is 19.0 Å². The maximum atomic E-state index is 12.9. The zero-order valence-corrected chi connectivity index (χ0v) is 17.8. The van der Waals surface area contributed by atoms with Gasteiger partial charge < -0.3 is 29.0 Å². The molecule has 0 fully saturated rings. The number of hydrogen-bond acceptors (Lipinski definition) is 10. The van der Waals surface area contributed by atoms with Crippen LogP contribution in [0.2, 0.25) is 0 Å².